The largest absolute Gasteiger partial charge is 0.320 e. The fourth-order valence-electron chi connectivity index (χ4n) is 2.29. The summed E-state index contributed by atoms with van der Waals surface area (Å²) in [5.41, 5.74) is 0. The van der Waals surface area contributed by atoms with Gasteiger partial charge < -0.3 is 10.2 Å². The molecule has 0 aromatic carbocycles. The number of nitrogens with one attached hydrogen (secondary N) is 1. The second-order valence-electron chi connectivity index (χ2n) is 5.03. The Kier molecular flexibility index (Phi) is 7.23. The van der Waals surface area contributed by atoms with E-state index in [-0.39, 0.29) is 0 Å². The number of nitrogens with zero attached hydrogens (tertiary/aromatic N) is 3. The first-order valence-electron chi connectivity index (χ1n) is 7.10. The number of hydrogen-bond acceptors (Lipinski definition) is 4. The predicted octanol–water partition coefficient (Wildman–Crippen LogP) is -0.200. The summed E-state index contributed by atoms with van der Waals surface area (Å²) >= 11 is 0. The molecule has 19 heavy (non-hydrogen) atoms. The zero-order valence-corrected chi connectivity index (χ0v) is 13.2. The summed E-state index contributed by atoms with van der Waals surface area (Å²) < 4.78 is 27.8. The molecule has 0 unspecified atom stereocenters. The Balaban J connectivity index is 2.45. The Bertz CT molecular complexity index is 340. The molecule has 7 heteroatoms. The average Bonchev–Trinajstić information content (AvgIpc) is 2.40. The lowest BCUT2D eigenvalue weighted by Crippen LogP contribution is -2.52. The monoisotopic (exact) mass is 292 g/mol. The van der Waals surface area contributed by atoms with Crippen LogP contribution in [-0.2, 0) is 10.2 Å². The third-order valence-electron chi connectivity index (χ3n) is 3.49. The lowest BCUT2D eigenvalue weighted by atomic mass is 10.3. The van der Waals surface area contributed by atoms with E-state index in [0.29, 0.717) is 19.6 Å². The first-order valence-corrected chi connectivity index (χ1v) is 8.50. The molecule has 1 fully saturated rings. The highest BCUT2D eigenvalue weighted by Crippen LogP contribution is 2.11. The number of hydrogen-bond donors (Lipinski definition) is 1. The molecule has 1 aliphatic rings. The van der Waals surface area contributed by atoms with Gasteiger partial charge in [-0.05, 0) is 33.0 Å². The fourth-order valence-corrected chi connectivity index (χ4v) is 3.67. The van der Waals surface area contributed by atoms with E-state index in [1.54, 1.807) is 11.4 Å². The van der Waals surface area contributed by atoms with E-state index in [4.69, 9.17) is 0 Å². The molecule has 1 aliphatic heterocycles. The Morgan fingerprint density at radius 2 is 1.84 bits per heavy atom. The molecule has 0 spiro atoms. The lowest BCUT2D eigenvalue weighted by Gasteiger charge is -2.35. The van der Waals surface area contributed by atoms with Gasteiger partial charge in [0.15, 0.2) is 0 Å². The normalized spacial score (nSPS) is 19.2. The molecule has 0 amide bonds. The highest BCUT2D eigenvalue weighted by molar-refractivity contribution is 7.86. The van der Waals surface area contributed by atoms with Crippen LogP contribution >= 0.6 is 0 Å². The minimum Gasteiger partial charge on any atom is -0.320 e. The minimum absolute atomic E-state index is 0.568. The molecular weight excluding hydrogens is 264 g/mol. The van der Waals surface area contributed by atoms with E-state index in [1.807, 2.05) is 7.05 Å². The summed E-state index contributed by atoms with van der Waals surface area (Å²) in [6, 6.07) is 0. The SMILES string of the molecule is CCCN1CCN(S(=O)(=O)N(C)CCCNC)CC1. The van der Waals surface area contributed by atoms with Crippen LogP contribution in [0.2, 0.25) is 0 Å². The van der Waals surface area contributed by atoms with Gasteiger partial charge in [0.2, 0.25) is 0 Å². The second kappa shape index (κ2) is 8.16. The van der Waals surface area contributed by atoms with Gasteiger partial charge in [-0.15, -0.1) is 0 Å². The van der Waals surface area contributed by atoms with Crippen LogP contribution in [0.4, 0.5) is 0 Å². The standard InChI is InChI=1S/C12H28N4O2S/c1-4-7-15-9-11-16(12-10-15)19(17,18)14(3)8-5-6-13-2/h13H,4-12H2,1-3H3. The third kappa shape index (κ3) is 5.00. The molecule has 0 aromatic rings. The highest BCUT2D eigenvalue weighted by atomic mass is 32.2. The van der Waals surface area contributed by atoms with Crippen molar-refractivity contribution < 1.29 is 8.42 Å². The molecule has 0 aromatic heterocycles. The van der Waals surface area contributed by atoms with Crippen molar-refractivity contribution in [2.75, 3.05) is 59.9 Å². The second-order valence-corrected chi connectivity index (χ2v) is 7.06. The molecule has 1 heterocycles. The highest BCUT2D eigenvalue weighted by Gasteiger charge is 2.29. The maximum atomic E-state index is 12.4. The summed E-state index contributed by atoms with van der Waals surface area (Å²) in [5, 5.41) is 3.03. The van der Waals surface area contributed by atoms with E-state index in [2.05, 4.69) is 17.1 Å². The first-order chi connectivity index (χ1) is 9.02. The summed E-state index contributed by atoms with van der Waals surface area (Å²) in [4.78, 5) is 2.33. The Hall–Kier alpha value is -0.210. The molecule has 0 radical (unpaired) electrons. The minimum atomic E-state index is -3.27. The van der Waals surface area contributed by atoms with Crippen LogP contribution in [0.15, 0.2) is 0 Å². The van der Waals surface area contributed by atoms with Crippen LogP contribution in [0.3, 0.4) is 0 Å². The molecule has 6 nitrogen and oxygen atoms in total. The van der Waals surface area contributed by atoms with Crippen LogP contribution in [-0.4, -0.2) is 81.8 Å². The van der Waals surface area contributed by atoms with E-state index >= 15 is 0 Å². The maximum Gasteiger partial charge on any atom is 0.281 e. The van der Waals surface area contributed by atoms with Crippen molar-refractivity contribution in [3.8, 4) is 0 Å². The van der Waals surface area contributed by atoms with Gasteiger partial charge in [0, 0.05) is 39.8 Å². The zero-order valence-electron chi connectivity index (χ0n) is 12.4. The van der Waals surface area contributed by atoms with Crippen molar-refractivity contribution in [1.82, 2.24) is 18.8 Å². The number of piperazine rings is 1. The summed E-state index contributed by atoms with van der Waals surface area (Å²) in [7, 11) is 0.278. The van der Waals surface area contributed by atoms with E-state index in [0.717, 1.165) is 39.0 Å². The van der Waals surface area contributed by atoms with E-state index < -0.39 is 10.2 Å². The molecule has 0 atom stereocenters. The van der Waals surface area contributed by atoms with Gasteiger partial charge in [0.05, 0.1) is 0 Å². The summed E-state index contributed by atoms with van der Waals surface area (Å²) in [6.45, 7) is 7.53. The van der Waals surface area contributed by atoms with Crippen molar-refractivity contribution >= 4 is 10.2 Å². The Morgan fingerprint density at radius 1 is 1.21 bits per heavy atom. The maximum absolute atomic E-state index is 12.4. The molecule has 114 valence electrons. The molecular formula is C12H28N4O2S. The van der Waals surface area contributed by atoms with Crippen LogP contribution in [0.25, 0.3) is 0 Å². The quantitative estimate of drug-likeness (QED) is 0.630. The van der Waals surface area contributed by atoms with Crippen molar-refractivity contribution in [3.63, 3.8) is 0 Å². The van der Waals surface area contributed by atoms with E-state index in [1.165, 1.54) is 4.31 Å². The predicted molar refractivity (Wildman–Crippen MR) is 78.4 cm³/mol. The van der Waals surface area contributed by atoms with Gasteiger partial charge in [-0.3, -0.25) is 0 Å². The first kappa shape index (κ1) is 16.8. The van der Waals surface area contributed by atoms with Crippen LogP contribution < -0.4 is 5.32 Å². The fraction of sp³-hybridized carbons (Fsp3) is 1.00. The van der Waals surface area contributed by atoms with Gasteiger partial charge in [-0.25, -0.2) is 0 Å². The van der Waals surface area contributed by atoms with Crippen molar-refractivity contribution in [2.45, 2.75) is 19.8 Å². The summed E-state index contributed by atoms with van der Waals surface area (Å²) in [6.07, 6.45) is 1.96. The smallest absolute Gasteiger partial charge is 0.281 e. The van der Waals surface area contributed by atoms with Gasteiger partial charge >= 0.3 is 0 Å². The van der Waals surface area contributed by atoms with E-state index in [9.17, 15) is 8.42 Å². The Labute approximate surface area is 117 Å². The van der Waals surface area contributed by atoms with Gasteiger partial charge in [0.1, 0.15) is 0 Å². The zero-order chi connectivity index (χ0) is 14.3. The summed E-state index contributed by atoms with van der Waals surface area (Å²) in [5.74, 6) is 0. The third-order valence-corrected chi connectivity index (χ3v) is 5.48. The molecule has 0 saturated carbocycles. The molecule has 1 N–H and O–H groups in total. The van der Waals surface area contributed by atoms with Gasteiger partial charge in [-0.1, -0.05) is 6.92 Å². The van der Waals surface area contributed by atoms with Crippen LogP contribution in [0.1, 0.15) is 19.8 Å². The van der Waals surface area contributed by atoms with Crippen molar-refractivity contribution in [3.05, 3.63) is 0 Å². The topological polar surface area (TPSA) is 55.9 Å². The molecule has 1 rings (SSSR count). The van der Waals surface area contributed by atoms with Crippen LogP contribution in [0, 0.1) is 0 Å². The molecule has 1 saturated heterocycles. The van der Waals surface area contributed by atoms with Gasteiger partial charge in [-0.2, -0.15) is 17.0 Å². The van der Waals surface area contributed by atoms with Gasteiger partial charge in [0.25, 0.3) is 10.2 Å². The Morgan fingerprint density at radius 3 is 2.37 bits per heavy atom. The molecule has 0 aliphatic carbocycles. The number of rotatable bonds is 8. The van der Waals surface area contributed by atoms with Crippen molar-refractivity contribution in [1.29, 1.82) is 0 Å². The lowest BCUT2D eigenvalue weighted by molar-refractivity contribution is 0.183. The average molecular weight is 292 g/mol. The molecule has 0 bridgehead atoms. The van der Waals surface area contributed by atoms with Crippen molar-refractivity contribution in [2.24, 2.45) is 0 Å². The van der Waals surface area contributed by atoms with Crippen LogP contribution in [0.5, 0.6) is 0 Å².